The molecular formula is C21H33F3N4O. The Balaban J connectivity index is 1.76. The van der Waals surface area contributed by atoms with Crippen LogP contribution in [0.3, 0.4) is 0 Å². The first-order valence-electron chi connectivity index (χ1n) is 10.2. The van der Waals surface area contributed by atoms with Gasteiger partial charge in [0.2, 0.25) is 0 Å². The van der Waals surface area contributed by atoms with Crippen LogP contribution in [0.5, 0.6) is 0 Å². The molecule has 164 valence electrons. The minimum atomic E-state index is -4.16. The summed E-state index contributed by atoms with van der Waals surface area (Å²) in [5, 5.41) is 6.52. The monoisotopic (exact) mass is 414 g/mol. The zero-order valence-electron chi connectivity index (χ0n) is 17.6. The van der Waals surface area contributed by atoms with Gasteiger partial charge in [-0.25, -0.2) is 0 Å². The van der Waals surface area contributed by atoms with Crippen LogP contribution in [-0.2, 0) is 4.74 Å². The molecule has 0 spiro atoms. The van der Waals surface area contributed by atoms with Crippen molar-refractivity contribution in [3.8, 4) is 0 Å². The first-order chi connectivity index (χ1) is 13.8. The summed E-state index contributed by atoms with van der Waals surface area (Å²) in [6.07, 6.45) is -1.38. The Morgan fingerprint density at radius 3 is 2.62 bits per heavy atom. The lowest BCUT2D eigenvalue weighted by Crippen LogP contribution is -2.42. The molecule has 0 radical (unpaired) electrons. The van der Waals surface area contributed by atoms with Crippen molar-refractivity contribution >= 4 is 5.96 Å². The van der Waals surface area contributed by atoms with Crippen LogP contribution in [0.25, 0.3) is 0 Å². The van der Waals surface area contributed by atoms with E-state index in [9.17, 15) is 13.2 Å². The van der Waals surface area contributed by atoms with E-state index in [1.165, 1.54) is 23.1 Å². The number of halogens is 3. The molecule has 0 aliphatic carbocycles. The smallest absolute Gasteiger partial charge is 0.373 e. The van der Waals surface area contributed by atoms with Gasteiger partial charge in [0.1, 0.15) is 0 Å². The van der Waals surface area contributed by atoms with Crippen molar-refractivity contribution in [2.45, 2.75) is 38.5 Å². The van der Waals surface area contributed by atoms with E-state index in [1.54, 1.807) is 7.05 Å². The van der Waals surface area contributed by atoms with Gasteiger partial charge in [-0.1, -0.05) is 29.8 Å². The second kappa shape index (κ2) is 11.4. The molecule has 29 heavy (non-hydrogen) atoms. The van der Waals surface area contributed by atoms with Crippen molar-refractivity contribution in [1.29, 1.82) is 0 Å². The molecule has 1 aromatic carbocycles. The molecule has 1 aliphatic rings. The molecule has 1 fully saturated rings. The SMILES string of the molecule is CN=C(NCCCN(C)CC(F)(F)F)NCC1CCCOC1c1ccc(C)cc1. The van der Waals surface area contributed by atoms with Crippen LogP contribution < -0.4 is 10.6 Å². The number of aliphatic imine (C=N–C) groups is 1. The molecule has 1 aromatic rings. The van der Waals surface area contributed by atoms with Gasteiger partial charge in [0.05, 0.1) is 12.6 Å². The third kappa shape index (κ3) is 8.62. The van der Waals surface area contributed by atoms with Gasteiger partial charge in [0.25, 0.3) is 0 Å². The fraction of sp³-hybridized carbons (Fsp3) is 0.667. The Kier molecular flexibility index (Phi) is 9.23. The van der Waals surface area contributed by atoms with E-state index in [-0.39, 0.29) is 6.10 Å². The second-order valence-electron chi connectivity index (χ2n) is 7.69. The Bertz CT molecular complexity index is 634. The lowest BCUT2D eigenvalue weighted by atomic mass is 9.89. The third-order valence-electron chi connectivity index (χ3n) is 5.06. The zero-order valence-corrected chi connectivity index (χ0v) is 17.6. The Morgan fingerprint density at radius 1 is 1.24 bits per heavy atom. The fourth-order valence-corrected chi connectivity index (χ4v) is 3.57. The molecule has 2 unspecified atom stereocenters. The van der Waals surface area contributed by atoms with E-state index in [1.807, 2.05) is 0 Å². The third-order valence-corrected chi connectivity index (χ3v) is 5.06. The minimum absolute atomic E-state index is 0.0611. The standard InChI is InChI=1S/C21H33F3N4O/c1-16-7-9-17(10-8-16)19-18(6-4-13-29-19)14-27-20(25-2)26-11-5-12-28(3)15-21(22,23)24/h7-10,18-19H,4-6,11-15H2,1-3H3,(H2,25,26,27). The molecule has 5 nitrogen and oxygen atoms in total. The summed E-state index contributed by atoms with van der Waals surface area (Å²) >= 11 is 0. The zero-order chi connectivity index (χ0) is 21.3. The first kappa shape index (κ1) is 23.5. The molecule has 1 aliphatic heterocycles. The van der Waals surface area contributed by atoms with Gasteiger partial charge in [0, 0.05) is 32.7 Å². The van der Waals surface area contributed by atoms with Crippen LogP contribution in [0.4, 0.5) is 13.2 Å². The van der Waals surface area contributed by atoms with Gasteiger partial charge < -0.3 is 15.4 Å². The topological polar surface area (TPSA) is 48.9 Å². The van der Waals surface area contributed by atoms with Crippen molar-refractivity contribution in [3.63, 3.8) is 0 Å². The van der Waals surface area contributed by atoms with Gasteiger partial charge in [0.15, 0.2) is 5.96 Å². The molecule has 2 N–H and O–H groups in total. The van der Waals surface area contributed by atoms with Crippen molar-refractivity contribution in [2.75, 3.05) is 46.9 Å². The number of aryl methyl sites for hydroxylation is 1. The fourth-order valence-electron chi connectivity index (χ4n) is 3.57. The number of nitrogens with zero attached hydrogens (tertiary/aromatic N) is 2. The van der Waals surface area contributed by atoms with Crippen molar-refractivity contribution in [3.05, 3.63) is 35.4 Å². The predicted molar refractivity (Wildman–Crippen MR) is 110 cm³/mol. The van der Waals surface area contributed by atoms with Gasteiger partial charge >= 0.3 is 6.18 Å². The van der Waals surface area contributed by atoms with E-state index in [2.05, 4.69) is 46.8 Å². The number of nitrogens with one attached hydrogen (secondary N) is 2. The maximum Gasteiger partial charge on any atom is 0.401 e. The quantitative estimate of drug-likeness (QED) is 0.388. The number of rotatable bonds is 8. The lowest BCUT2D eigenvalue weighted by Gasteiger charge is -2.32. The Morgan fingerprint density at radius 2 is 1.97 bits per heavy atom. The van der Waals surface area contributed by atoms with Crippen LogP contribution in [0.2, 0.25) is 0 Å². The summed E-state index contributed by atoms with van der Waals surface area (Å²) in [6, 6.07) is 8.47. The largest absolute Gasteiger partial charge is 0.401 e. The van der Waals surface area contributed by atoms with Crippen LogP contribution in [0, 0.1) is 12.8 Å². The Labute approximate surface area is 171 Å². The van der Waals surface area contributed by atoms with Crippen LogP contribution in [-0.4, -0.2) is 63.9 Å². The molecular weight excluding hydrogens is 381 g/mol. The average molecular weight is 415 g/mol. The molecule has 0 aromatic heterocycles. The summed E-state index contributed by atoms with van der Waals surface area (Å²) in [6.45, 7) is 3.61. The summed E-state index contributed by atoms with van der Waals surface area (Å²) in [5.41, 5.74) is 2.42. The van der Waals surface area contributed by atoms with Gasteiger partial charge in [-0.05, 0) is 45.3 Å². The van der Waals surface area contributed by atoms with Crippen LogP contribution >= 0.6 is 0 Å². The molecule has 2 atom stereocenters. The van der Waals surface area contributed by atoms with Crippen LogP contribution in [0.1, 0.15) is 36.5 Å². The normalized spacial score (nSPS) is 20.7. The molecule has 0 bridgehead atoms. The number of guanidine groups is 1. The molecule has 0 amide bonds. The predicted octanol–water partition coefficient (Wildman–Crippen LogP) is 3.51. The average Bonchev–Trinajstić information content (AvgIpc) is 2.67. The summed E-state index contributed by atoms with van der Waals surface area (Å²) in [5.74, 6) is 1.000. The summed E-state index contributed by atoms with van der Waals surface area (Å²) in [4.78, 5) is 5.50. The highest BCUT2D eigenvalue weighted by atomic mass is 19.4. The van der Waals surface area contributed by atoms with Gasteiger partial charge in [-0.15, -0.1) is 0 Å². The maximum absolute atomic E-state index is 12.4. The van der Waals surface area contributed by atoms with Crippen molar-refractivity contribution in [2.24, 2.45) is 10.9 Å². The van der Waals surface area contributed by atoms with E-state index in [4.69, 9.17) is 4.74 Å². The summed E-state index contributed by atoms with van der Waals surface area (Å²) < 4.78 is 43.1. The number of ether oxygens (including phenoxy) is 1. The molecule has 8 heteroatoms. The molecule has 1 heterocycles. The number of alkyl halides is 3. The van der Waals surface area contributed by atoms with E-state index in [0.29, 0.717) is 31.4 Å². The molecule has 1 saturated heterocycles. The second-order valence-corrected chi connectivity index (χ2v) is 7.69. The molecule has 2 rings (SSSR count). The highest BCUT2D eigenvalue weighted by Gasteiger charge is 2.29. The van der Waals surface area contributed by atoms with Crippen molar-refractivity contribution in [1.82, 2.24) is 15.5 Å². The van der Waals surface area contributed by atoms with Crippen molar-refractivity contribution < 1.29 is 17.9 Å². The van der Waals surface area contributed by atoms with Gasteiger partial charge in [-0.2, -0.15) is 13.2 Å². The highest BCUT2D eigenvalue weighted by Crippen LogP contribution is 2.33. The van der Waals surface area contributed by atoms with E-state index < -0.39 is 12.7 Å². The maximum atomic E-state index is 12.4. The lowest BCUT2D eigenvalue weighted by molar-refractivity contribution is -0.143. The number of hydrogen-bond donors (Lipinski definition) is 2. The van der Waals surface area contributed by atoms with E-state index in [0.717, 1.165) is 26.0 Å². The molecule has 0 saturated carbocycles. The number of hydrogen-bond acceptors (Lipinski definition) is 3. The van der Waals surface area contributed by atoms with Crippen LogP contribution in [0.15, 0.2) is 29.3 Å². The van der Waals surface area contributed by atoms with E-state index >= 15 is 0 Å². The van der Waals surface area contributed by atoms with Gasteiger partial charge in [-0.3, -0.25) is 9.89 Å². The highest BCUT2D eigenvalue weighted by molar-refractivity contribution is 5.79. The first-order valence-corrected chi connectivity index (χ1v) is 10.2. The minimum Gasteiger partial charge on any atom is -0.373 e. The number of benzene rings is 1. The Hall–Kier alpha value is -1.80. The summed E-state index contributed by atoms with van der Waals surface area (Å²) in [7, 11) is 3.18.